The van der Waals surface area contributed by atoms with Gasteiger partial charge in [-0.05, 0) is 87.6 Å². The Morgan fingerprint density at radius 2 is 1.76 bits per heavy atom. The van der Waals surface area contributed by atoms with E-state index in [4.69, 9.17) is 4.74 Å². The summed E-state index contributed by atoms with van der Waals surface area (Å²) in [7, 11) is 5.96. The van der Waals surface area contributed by atoms with Crippen molar-refractivity contribution in [1.29, 1.82) is 0 Å². The number of amides is 1. The maximum Gasteiger partial charge on any atom is 0.222 e. The summed E-state index contributed by atoms with van der Waals surface area (Å²) in [6, 6.07) is 0.295. The van der Waals surface area contributed by atoms with E-state index in [2.05, 4.69) is 52.0 Å². The predicted octanol–water partition coefficient (Wildman–Crippen LogP) is 4.29. The number of fused-ring (bicyclic) bond motifs is 2. The van der Waals surface area contributed by atoms with Crippen molar-refractivity contribution in [2.24, 2.45) is 50.7 Å². The van der Waals surface area contributed by atoms with E-state index in [1.165, 1.54) is 0 Å². The van der Waals surface area contributed by atoms with Gasteiger partial charge in [-0.3, -0.25) is 9.59 Å². The molecule has 5 fully saturated rings. The minimum absolute atomic E-state index is 0.0138. The van der Waals surface area contributed by atoms with Crippen LogP contribution in [0.2, 0.25) is 0 Å². The quantitative estimate of drug-likeness (QED) is 0.551. The monoisotopic (exact) mass is 516 g/mol. The number of aliphatic hydroxyl groups excluding tert-OH is 1. The molecule has 0 heterocycles. The van der Waals surface area contributed by atoms with E-state index in [1.807, 2.05) is 13.8 Å². The number of ether oxygens (including phenoxy) is 1. The number of Topliss-reactive ketones (excluding diaryl/α,β-unsaturated/α-hetero) is 1. The first-order chi connectivity index (χ1) is 17.2. The molecule has 0 aromatic carbocycles. The fraction of sp³-hybridized carbons (Fsp3) is 0.935. The normalized spacial score (nSPS) is 51.2. The van der Waals surface area contributed by atoms with E-state index < -0.39 is 0 Å². The summed E-state index contributed by atoms with van der Waals surface area (Å²) in [4.78, 5) is 29.5. The highest BCUT2D eigenvalue weighted by Gasteiger charge is 2.86. The number of ketones is 1. The second-order valence-corrected chi connectivity index (χ2v) is 15.1. The van der Waals surface area contributed by atoms with Crippen molar-refractivity contribution in [1.82, 2.24) is 10.2 Å². The number of nitrogens with zero attached hydrogens (tertiary/aromatic N) is 1. The molecule has 1 amide bonds. The third kappa shape index (κ3) is 3.27. The molecule has 11 atom stereocenters. The number of aliphatic hydroxyl groups is 1. The van der Waals surface area contributed by atoms with E-state index in [9.17, 15) is 14.7 Å². The minimum Gasteiger partial charge on any atom is -0.393 e. The molecule has 0 aliphatic heterocycles. The van der Waals surface area contributed by atoms with Crippen LogP contribution in [0, 0.1) is 50.7 Å². The molecule has 5 aliphatic carbocycles. The summed E-state index contributed by atoms with van der Waals surface area (Å²) in [6.45, 7) is 13.8. The second kappa shape index (κ2) is 8.51. The van der Waals surface area contributed by atoms with Crippen LogP contribution in [0.5, 0.6) is 0 Å². The average Bonchev–Trinajstić information content (AvgIpc) is 3.44. The molecule has 2 N–H and O–H groups in total. The van der Waals surface area contributed by atoms with Crippen LogP contribution < -0.4 is 5.32 Å². The van der Waals surface area contributed by atoms with Gasteiger partial charge >= 0.3 is 0 Å². The van der Waals surface area contributed by atoms with E-state index in [-0.39, 0.29) is 63.0 Å². The molecule has 6 heteroatoms. The SMILES string of the molecule is COC[C@@]1(C)C2CCC3[C@]4(C)C[C@@H](O)[C@H](C(C)N(C)C)[C@@]4(C)CC(=O)[C@]34CC24CC[C@@H]1NC(=O)C(C)C. The van der Waals surface area contributed by atoms with Gasteiger partial charge in [0.1, 0.15) is 5.78 Å². The van der Waals surface area contributed by atoms with Crippen LogP contribution in [-0.4, -0.2) is 67.7 Å². The molecule has 210 valence electrons. The Balaban J connectivity index is 1.52. The number of methoxy groups -OCH3 is 1. The van der Waals surface area contributed by atoms with Gasteiger partial charge < -0.3 is 20.1 Å². The molecule has 0 bridgehead atoms. The molecular weight excluding hydrogens is 464 g/mol. The number of rotatable bonds is 6. The van der Waals surface area contributed by atoms with Gasteiger partial charge in [0.2, 0.25) is 5.91 Å². The second-order valence-electron chi connectivity index (χ2n) is 15.1. The van der Waals surface area contributed by atoms with E-state index in [1.54, 1.807) is 7.11 Å². The lowest BCUT2D eigenvalue weighted by molar-refractivity contribution is -0.174. The van der Waals surface area contributed by atoms with Gasteiger partial charge in [0.25, 0.3) is 0 Å². The third-order valence-electron chi connectivity index (χ3n) is 13.3. The van der Waals surface area contributed by atoms with E-state index in [0.717, 1.165) is 38.5 Å². The molecule has 5 rings (SSSR count). The van der Waals surface area contributed by atoms with Gasteiger partial charge in [0, 0.05) is 48.3 Å². The maximum absolute atomic E-state index is 14.5. The molecule has 0 radical (unpaired) electrons. The number of carbonyl (C=O) groups is 2. The van der Waals surface area contributed by atoms with Crippen molar-refractivity contribution in [3.8, 4) is 0 Å². The molecule has 5 saturated carbocycles. The fourth-order valence-electron chi connectivity index (χ4n) is 11.3. The lowest BCUT2D eigenvalue weighted by atomic mass is 9.41. The minimum atomic E-state index is -0.372. The fourth-order valence-corrected chi connectivity index (χ4v) is 11.3. The molecule has 5 aliphatic rings. The molecule has 0 aromatic rings. The first-order valence-corrected chi connectivity index (χ1v) is 14.8. The van der Waals surface area contributed by atoms with E-state index >= 15 is 0 Å². The van der Waals surface area contributed by atoms with Crippen molar-refractivity contribution < 1.29 is 19.4 Å². The van der Waals surface area contributed by atoms with Gasteiger partial charge in [-0.1, -0.05) is 34.6 Å². The number of hydrogen-bond acceptors (Lipinski definition) is 5. The zero-order chi connectivity index (χ0) is 27.3. The average molecular weight is 517 g/mol. The summed E-state index contributed by atoms with van der Waals surface area (Å²) in [6.07, 6.45) is 6.03. The van der Waals surface area contributed by atoms with Crippen LogP contribution in [0.3, 0.4) is 0 Å². The molecule has 37 heavy (non-hydrogen) atoms. The Morgan fingerprint density at radius 3 is 2.35 bits per heavy atom. The predicted molar refractivity (Wildman–Crippen MR) is 145 cm³/mol. The van der Waals surface area contributed by atoms with Crippen molar-refractivity contribution in [2.45, 2.75) is 105 Å². The van der Waals surface area contributed by atoms with Crippen LogP contribution in [0.25, 0.3) is 0 Å². The van der Waals surface area contributed by atoms with Gasteiger partial charge in [-0.25, -0.2) is 0 Å². The van der Waals surface area contributed by atoms with Crippen LogP contribution >= 0.6 is 0 Å². The maximum atomic E-state index is 14.5. The van der Waals surface area contributed by atoms with Crippen molar-refractivity contribution >= 4 is 11.7 Å². The lowest BCUT2D eigenvalue weighted by Crippen LogP contribution is -2.64. The van der Waals surface area contributed by atoms with Crippen LogP contribution in [0.1, 0.15) is 86.5 Å². The molecule has 2 spiro atoms. The van der Waals surface area contributed by atoms with Gasteiger partial charge in [-0.2, -0.15) is 0 Å². The summed E-state index contributed by atoms with van der Waals surface area (Å²) in [5.74, 6) is 1.32. The summed E-state index contributed by atoms with van der Waals surface area (Å²) in [5, 5.41) is 14.9. The molecule has 6 nitrogen and oxygen atoms in total. The highest BCUT2D eigenvalue weighted by atomic mass is 16.5. The molecule has 4 unspecified atom stereocenters. The molecule has 0 aromatic heterocycles. The van der Waals surface area contributed by atoms with Gasteiger partial charge in [0.15, 0.2) is 0 Å². The van der Waals surface area contributed by atoms with Crippen molar-refractivity contribution in [3.63, 3.8) is 0 Å². The highest BCUT2D eigenvalue weighted by Crippen LogP contribution is 2.87. The zero-order valence-corrected chi connectivity index (χ0v) is 24.8. The number of carbonyl (C=O) groups excluding carboxylic acids is 2. The van der Waals surface area contributed by atoms with Crippen LogP contribution in [0.15, 0.2) is 0 Å². The summed E-state index contributed by atoms with van der Waals surface area (Å²) >= 11 is 0. The summed E-state index contributed by atoms with van der Waals surface area (Å²) in [5.41, 5.74) is -0.685. The summed E-state index contributed by atoms with van der Waals surface area (Å²) < 4.78 is 5.84. The standard InChI is InChI=1S/C31H52N2O4/c1-18(2)26(36)32-23-12-13-30-16-31(30)22(11-10-21(30)27(23,4)17-37-9)28(5)14-20(34)25(19(3)33(7)8)29(28,6)15-24(31)35/h18-23,25,34H,10-17H2,1-9H3,(H,32,36)/t19?,20-,21?,22?,23+,25+,27+,28+,29-,30?,31+/m1/s1. The van der Waals surface area contributed by atoms with E-state index in [0.29, 0.717) is 30.6 Å². The van der Waals surface area contributed by atoms with Crippen LogP contribution in [-0.2, 0) is 14.3 Å². The Kier molecular flexibility index (Phi) is 6.34. The van der Waals surface area contributed by atoms with Crippen LogP contribution in [0.4, 0.5) is 0 Å². The molecular formula is C31H52N2O4. The van der Waals surface area contributed by atoms with Gasteiger partial charge in [0.05, 0.1) is 12.7 Å². The topological polar surface area (TPSA) is 78.9 Å². The first-order valence-electron chi connectivity index (χ1n) is 14.8. The number of hydrogen-bond donors (Lipinski definition) is 2. The Morgan fingerprint density at radius 1 is 1.11 bits per heavy atom. The Bertz CT molecular complexity index is 967. The number of nitrogens with one attached hydrogen (secondary N) is 1. The Labute approximate surface area is 224 Å². The Hall–Kier alpha value is -0.980. The zero-order valence-electron chi connectivity index (χ0n) is 24.8. The largest absolute Gasteiger partial charge is 0.393 e. The highest BCUT2D eigenvalue weighted by molar-refractivity contribution is 5.92. The first kappa shape index (κ1) is 27.6. The van der Waals surface area contributed by atoms with Crippen molar-refractivity contribution in [3.05, 3.63) is 0 Å². The third-order valence-corrected chi connectivity index (χ3v) is 13.3. The van der Waals surface area contributed by atoms with Gasteiger partial charge in [-0.15, -0.1) is 0 Å². The van der Waals surface area contributed by atoms with Crippen molar-refractivity contribution in [2.75, 3.05) is 27.8 Å². The molecule has 0 saturated heterocycles. The smallest absolute Gasteiger partial charge is 0.222 e. The lowest BCUT2D eigenvalue weighted by Gasteiger charge is -2.63.